The Labute approximate surface area is 91.2 Å². The van der Waals surface area contributed by atoms with Gasteiger partial charge in [-0.05, 0) is 53.4 Å². The largest absolute Gasteiger partial charge is 0.490 e. The van der Waals surface area contributed by atoms with Gasteiger partial charge in [0.2, 0.25) is 0 Å². The second kappa shape index (κ2) is 3.89. The molecule has 0 atom stereocenters. The molecule has 0 amide bonds. The first kappa shape index (κ1) is 9.35. The van der Waals surface area contributed by atoms with Crippen LogP contribution in [0.3, 0.4) is 0 Å². The topological polar surface area (TPSA) is 9.23 Å². The van der Waals surface area contributed by atoms with E-state index in [-0.39, 0.29) is 0 Å². The second-order valence-electron chi connectivity index (χ2n) is 3.25. The van der Waals surface area contributed by atoms with E-state index < -0.39 is 0 Å². The summed E-state index contributed by atoms with van der Waals surface area (Å²) >= 11 is 9.23. The zero-order chi connectivity index (χ0) is 9.26. The standard InChI is InChI=1S/C10H10BrClO/c11-9-6-8(4-5-10(9)12)13-7-2-1-3-7/h4-7H,1-3H2. The third kappa shape index (κ3) is 2.18. The summed E-state index contributed by atoms with van der Waals surface area (Å²) < 4.78 is 6.59. The quantitative estimate of drug-likeness (QED) is 0.781. The Hall–Kier alpha value is -0.210. The van der Waals surface area contributed by atoms with Crippen LogP contribution in [0.25, 0.3) is 0 Å². The van der Waals surface area contributed by atoms with Crippen molar-refractivity contribution in [2.24, 2.45) is 0 Å². The van der Waals surface area contributed by atoms with E-state index in [0.717, 1.165) is 15.2 Å². The molecule has 1 aliphatic rings. The fourth-order valence-electron chi connectivity index (χ4n) is 1.23. The summed E-state index contributed by atoms with van der Waals surface area (Å²) in [6.07, 6.45) is 4.08. The van der Waals surface area contributed by atoms with Gasteiger partial charge in [0, 0.05) is 4.47 Å². The maximum atomic E-state index is 5.86. The Kier molecular flexibility index (Phi) is 2.80. The van der Waals surface area contributed by atoms with Crippen LogP contribution in [0, 0.1) is 0 Å². The van der Waals surface area contributed by atoms with Crippen LogP contribution in [-0.2, 0) is 0 Å². The molecule has 0 saturated heterocycles. The van der Waals surface area contributed by atoms with Gasteiger partial charge in [-0.25, -0.2) is 0 Å². The predicted molar refractivity (Wildman–Crippen MR) is 57.4 cm³/mol. The minimum absolute atomic E-state index is 0.424. The SMILES string of the molecule is Clc1ccc(OC2CCC2)cc1Br. The van der Waals surface area contributed by atoms with E-state index in [0.29, 0.717) is 6.10 Å². The normalized spacial score (nSPS) is 16.8. The summed E-state index contributed by atoms with van der Waals surface area (Å²) in [5, 5.41) is 0.723. The summed E-state index contributed by atoms with van der Waals surface area (Å²) in [5.74, 6) is 0.904. The molecule has 0 N–H and O–H groups in total. The van der Waals surface area contributed by atoms with Gasteiger partial charge in [-0.1, -0.05) is 11.6 Å². The van der Waals surface area contributed by atoms with Crippen LogP contribution < -0.4 is 4.74 Å². The summed E-state index contributed by atoms with van der Waals surface area (Å²) in [7, 11) is 0. The van der Waals surface area contributed by atoms with Crippen molar-refractivity contribution >= 4 is 27.5 Å². The molecule has 0 unspecified atom stereocenters. The van der Waals surface area contributed by atoms with E-state index in [9.17, 15) is 0 Å². The van der Waals surface area contributed by atoms with Gasteiger partial charge in [0.25, 0.3) is 0 Å². The Bertz CT molecular complexity index is 310. The van der Waals surface area contributed by atoms with Crippen LogP contribution in [0.1, 0.15) is 19.3 Å². The van der Waals surface area contributed by atoms with Crippen molar-refractivity contribution in [1.29, 1.82) is 0 Å². The lowest BCUT2D eigenvalue weighted by molar-refractivity contribution is 0.120. The average Bonchev–Trinajstić information content (AvgIpc) is 2.04. The molecule has 13 heavy (non-hydrogen) atoms. The molecule has 2 rings (SSSR count). The Morgan fingerprint density at radius 2 is 2.15 bits per heavy atom. The van der Waals surface area contributed by atoms with Crippen LogP contribution in [0.15, 0.2) is 22.7 Å². The fraction of sp³-hybridized carbons (Fsp3) is 0.400. The van der Waals surface area contributed by atoms with Gasteiger partial charge in [0.05, 0.1) is 11.1 Å². The highest BCUT2D eigenvalue weighted by molar-refractivity contribution is 9.10. The molecule has 0 spiro atoms. The summed E-state index contributed by atoms with van der Waals surface area (Å²) in [5.41, 5.74) is 0. The average molecular weight is 262 g/mol. The smallest absolute Gasteiger partial charge is 0.120 e. The Morgan fingerprint density at radius 1 is 1.38 bits per heavy atom. The number of rotatable bonds is 2. The highest BCUT2D eigenvalue weighted by atomic mass is 79.9. The molecule has 0 bridgehead atoms. The minimum Gasteiger partial charge on any atom is -0.490 e. The molecule has 3 heteroatoms. The molecular weight excluding hydrogens is 251 g/mol. The number of hydrogen-bond acceptors (Lipinski definition) is 1. The lowest BCUT2D eigenvalue weighted by Gasteiger charge is -2.26. The van der Waals surface area contributed by atoms with Crippen molar-refractivity contribution < 1.29 is 4.74 Å². The molecule has 1 aromatic rings. The number of benzene rings is 1. The first-order chi connectivity index (χ1) is 6.25. The lowest BCUT2D eigenvalue weighted by atomic mass is 9.96. The zero-order valence-corrected chi connectivity index (χ0v) is 9.44. The maximum Gasteiger partial charge on any atom is 0.120 e. The van der Waals surface area contributed by atoms with Crippen molar-refractivity contribution in [3.05, 3.63) is 27.7 Å². The third-order valence-electron chi connectivity index (χ3n) is 2.25. The van der Waals surface area contributed by atoms with Gasteiger partial charge in [-0.15, -0.1) is 0 Å². The molecule has 1 saturated carbocycles. The van der Waals surface area contributed by atoms with Crippen LogP contribution >= 0.6 is 27.5 Å². The van der Waals surface area contributed by atoms with Crippen LogP contribution in [-0.4, -0.2) is 6.10 Å². The van der Waals surface area contributed by atoms with Crippen molar-refractivity contribution in [3.63, 3.8) is 0 Å². The van der Waals surface area contributed by atoms with Gasteiger partial charge < -0.3 is 4.74 Å². The molecule has 1 aromatic carbocycles. The Balaban J connectivity index is 2.07. The van der Waals surface area contributed by atoms with Gasteiger partial charge in [0.15, 0.2) is 0 Å². The molecule has 0 aliphatic heterocycles. The van der Waals surface area contributed by atoms with Crippen molar-refractivity contribution in [1.82, 2.24) is 0 Å². The van der Waals surface area contributed by atoms with Gasteiger partial charge in [-0.3, -0.25) is 0 Å². The van der Waals surface area contributed by atoms with E-state index in [2.05, 4.69) is 15.9 Å². The van der Waals surface area contributed by atoms with Crippen molar-refractivity contribution in [3.8, 4) is 5.75 Å². The molecular formula is C10H10BrClO. The molecule has 1 fully saturated rings. The minimum atomic E-state index is 0.424. The third-order valence-corrected chi connectivity index (χ3v) is 3.46. The lowest BCUT2D eigenvalue weighted by Crippen LogP contribution is -2.24. The first-order valence-electron chi connectivity index (χ1n) is 4.37. The van der Waals surface area contributed by atoms with Crippen LogP contribution in [0.5, 0.6) is 5.75 Å². The van der Waals surface area contributed by atoms with Crippen molar-refractivity contribution in [2.45, 2.75) is 25.4 Å². The highest BCUT2D eigenvalue weighted by Gasteiger charge is 2.19. The Morgan fingerprint density at radius 3 is 2.69 bits per heavy atom. The molecule has 0 heterocycles. The molecule has 0 aromatic heterocycles. The second-order valence-corrected chi connectivity index (χ2v) is 4.51. The highest BCUT2D eigenvalue weighted by Crippen LogP contribution is 2.30. The first-order valence-corrected chi connectivity index (χ1v) is 5.54. The number of ether oxygens (including phenoxy) is 1. The van der Waals surface area contributed by atoms with E-state index in [1.165, 1.54) is 19.3 Å². The number of hydrogen-bond donors (Lipinski definition) is 0. The molecule has 70 valence electrons. The van der Waals surface area contributed by atoms with Gasteiger partial charge in [0.1, 0.15) is 5.75 Å². The van der Waals surface area contributed by atoms with Gasteiger partial charge in [-0.2, -0.15) is 0 Å². The molecule has 1 aliphatic carbocycles. The zero-order valence-electron chi connectivity index (χ0n) is 7.09. The van der Waals surface area contributed by atoms with E-state index in [1.54, 1.807) is 0 Å². The number of halogens is 2. The van der Waals surface area contributed by atoms with E-state index in [4.69, 9.17) is 16.3 Å². The monoisotopic (exact) mass is 260 g/mol. The van der Waals surface area contributed by atoms with E-state index >= 15 is 0 Å². The summed E-state index contributed by atoms with van der Waals surface area (Å²) in [4.78, 5) is 0. The summed E-state index contributed by atoms with van der Waals surface area (Å²) in [6.45, 7) is 0. The van der Waals surface area contributed by atoms with Gasteiger partial charge >= 0.3 is 0 Å². The van der Waals surface area contributed by atoms with Crippen molar-refractivity contribution in [2.75, 3.05) is 0 Å². The fourth-order valence-corrected chi connectivity index (χ4v) is 1.71. The molecule has 0 radical (unpaired) electrons. The summed E-state index contributed by atoms with van der Waals surface area (Å²) in [6, 6.07) is 5.67. The van der Waals surface area contributed by atoms with Crippen LogP contribution in [0.4, 0.5) is 0 Å². The van der Waals surface area contributed by atoms with Crippen LogP contribution in [0.2, 0.25) is 5.02 Å². The maximum absolute atomic E-state index is 5.86. The predicted octanol–water partition coefficient (Wildman–Crippen LogP) is 4.03. The van der Waals surface area contributed by atoms with E-state index in [1.807, 2.05) is 18.2 Å². The molecule has 1 nitrogen and oxygen atoms in total.